The number of rotatable bonds is 7. The van der Waals surface area contributed by atoms with E-state index in [1.807, 2.05) is 0 Å². The molecule has 1 heterocycles. The summed E-state index contributed by atoms with van der Waals surface area (Å²) in [4.78, 5) is 7.36. The highest BCUT2D eigenvalue weighted by molar-refractivity contribution is 7.99. The molecule has 0 N–H and O–H groups in total. The van der Waals surface area contributed by atoms with Gasteiger partial charge in [0.05, 0.1) is 11.5 Å². The summed E-state index contributed by atoms with van der Waals surface area (Å²) in [6.45, 7) is 0.198. The standard InChI is InChI=1S/C15H16F3N3O3S2/c1-21(2)26(22,23)12-5-3-11(4-6-12)24-9-10-25-14-19-8-7-13(20-14)15(16,17)18/h3-8H,9-10H2,1-2H3. The van der Waals surface area contributed by atoms with Crippen LogP contribution >= 0.6 is 11.8 Å². The zero-order valence-electron chi connectivity index (χ0n) is 13.9. The van der Waals surface area contributed by atoms with E-state index in [1.54, 1.807) is 0 Å². The molecule has 0 fully saturated rings. The Kier molecular flexibility index (Phi) is 6.48. The molecule has 0 atom stereocenters. The summed E-state index contributed by atoms with van der Waals surface area (Å²) in [5.74, 6) is 0.784. The van der Waals surface area contributed by atoms with Crippen molar-refractivity contribution in [2.75, 3.05) is 26.5 Å². The van der Waals surface area contributed by atoms with Crippen LogP contribution in [0.25, 0.3) is 0 Å². The lowest BCUT2D eigenvalue weighted by Gasteiger charge is -2.12. The first-order valence-corrected chi connectivity index (χ1v) is 9.72. The molecule has 26 heavy (non-hydrogen) atoms. The van der Waals surface area contributed by atoms with Crippen LogP contribution in [0.5, 0.6) is 5.75 Å². The van der Waals surface area contributed by atoms with Gasteiger partial charge in [-0.3, -0.25) is 0 Å². The van der Waals surface area contributed by atoms with Gasteiger partial charge in [-0.25, -0.2) is 22.7 Å². The molecule has 2 aromatic rings. The Hall–Kier alpha value is -1.85. The lowest BCUT2D eigenvalue weighted by atomic mass is 10.3. The van der Waals surface area contributed by atoms with Gasteiger partial charge in [-0.05, 0) is 30.3 Å². The predicted octanol–water partition coefficient (Wildman–Crippen LogP) is 2.92. The van der Waals surface area contributed by atoms with Crippen molar-refractivity contribution in [1.82, 2.24) is 14.3 Å². The summed E-state index contributed by atoms with van der Waals surface area (Å²) in [6, 6.07) is 6.69. The minimum atomic E-state index is -4.51. The SMILES string of the molecule is CN(C)S(=O)(=O)c1ccc(OCCSc2nccc(C(F)(F)F)n2)cc1. The van der Waals surface area contributed by atoms with Crippen molar-refractivity contribution >= 4 is 21.8 Å². The Morgan fingerprint density at radius 3 is 2.38 bits per heavy atom. The fourth-order valence-electron chi connectivity index (χ4n) is 1.78. The van der Waals surface area contributed by atoms with Crippen LogP contribution in [0.2, 0.25) is 0 Å². The predicted molar refractivity (Wildman–Crippen MR) is 90.6 cm³/mol. The van der Waals surface area contributed by atoms with Crippen molar-refractivity contribution in [3.05, 3.63) is 42.2 Å². The number of aromatic nitrogens is 2. The minimum absolute atomic E-state index is 0.0100. The van der Waals surface area contributed by atoms with Crippen molar-refractivity contribution in [2.24, 2.45) is 0 Å². The van der Waals surface area contributed by atoms with Crippen LogP contribution in [-0.2, 0) is 16.2 Å². The lowest BCUT2D eigenvalue weighted by Crippen LogP contribution is -2.22. The van der Waals surface area contributed by atoms with Crippen LogP contribution in [0, 0.1) is 0 Å². The maximum absolute atomic E-state index is 12.6. The number of alkyl halides is 3. The van der Waals surface area contributed by atoms with Crippen LogP contribution in [0.3, 0.4) is 0 Å². The van der Waals surface area contributed by atoms with Crippen molar-refractivity contribution < 1.29 is 26.3 Å². The molecule has 0 aliphatic rings. The first-order chi connectivity index (χ1) is 12.1. The Labute approximate surface area is 153 Å². The maximum atomic E-state index is 12.6. The number of halogens is 3. The summed E-state index contributed by atoms with van der Waals surface area (Å²) in [6.07, 6.45) is -3.45. The number of sulfonamides is 1. The molecule has 11 heteroatoms. The van der Waals surface area contributed by atoms with Gasteiger partial charge in [-0.1, -0.05) is 11.8 Å². The van der Waals surface area contributed by atoms with Crippen molar-refractivity contribution in [3.8, 4) is 5.75 Å². The van der Waals surface area contributed by atoms with Gasteiger partial charge < -0.3 is 4.74 Å². The molecule has 1 aromatic heterocycles. The quantitative estimate of drug-likeness (QED) is 0.399. The highest BCUT2D eigenvalue weighted by atomic mass is 32.2. The van der Waals surface area contributed by atoms with Crippen LogP contribution in [-0.4, -0.2) is 49.1 Å². The van der Waals surface area contributed by atoms with E-state index in [0.29, 0.717) is 11.5 Å². The first-order valence-electron chi connectivity index (χ1n) is 7.29. The molecule has 0 saturated heterocycles. The van der Waals surface area contributed by atoms with E-state index in [2.05, 4.69) is 9.97 Å². The lowest BCUT2D eigenvalue weighted by molar-refractivity contribution is -0.141. The van der Waals surface area contributed by atoms with Crippen molar-refractivity contribution in [1.29, 1.82) is 0 Å². The highest BCUT2D eigenvalue weighted by Gasteiger charge is 2.32. The second-order valence-electron chi connectivity index (χ2n) is 5.18. The third kappa shape index (κ3) is 5.32. The second kappa shape index (κ2) is 8.23. The molecule has 142 valence electrons. The molecule has 0 aliphatic carbocycles. The number of thioether (sulfide) groups is 1. The third-order valence-corrected chi connectivity index (χ3v) is 5.76. The highest BCUT2D eigenvalue weighted by Crippen LogP contribution is 2.28. The monoisotopic (exact) mass is 407 g/mol. The normalized spacial score (nSPS) is 12.4. The zero-order chi connectivity index (χ0) is 19.4. The molecule has 0 amide bonds. The van der Waals surface area contributed by atoms with Gasteiger partial charge in [0, 0.05) is 26.0 Å². The van der Waals surface area contributed by atoms with Gasteiger partial charge in [-0.2, -0.15) is 13.2 Å². The summed E-state index contributed by atoms with van der Waals surface area (Å²) < 4.78 is 68.2. The molecule has 2 rings (SSSR count). The minimum Gasteiger partial charge on any atom is -0.493 e. The van der Waals surface area contributed by atoms with E-state index >= 15 is 0 Å². The van der Waals surface area contributed by atoms with E-state index in [-0.39, 0.29) is 16.7 Å². The largest absolute Gasteiger partial charge is 0.493 e. The maximum Gasteiger partial charge on any atom is 0.433 e. The van der Waals surface area contributed by atoms with E-state index in [0.717, 1.165) is 28.3 Å². The Bertz CT molecular complexity index is 841. The fourth-order valence-corrected chi connectivity index (χ4v) is 3.33. The van der Waals surface area contributed by atoms with Gasteiger partial charge in [0.1, 0.15) is 11.4 Å². The van der Waals surface area contributed by atoms with Gasteiger partial charge in [-0.15, -0.1) is 0 Å². The fraction of sp³-hybridized carbons (Fsp3) is 0.333. The molecule has 1 aromatic carbocycles. The van der Waals surface area contributed by atoms with Crippen LogP contribution in [0.1, 0.15) is 5.69 Å². The number of benzene rings is 1. The third-order valence-electron chi connectivity index (χ3n) is 3.11. The van der Waals surface area contributed by atoms with Gasteiger partial charge in [0.15, 0.2) is 5.16 Å². The number of hydrogen-bond donors (Lipinski definition) is 0. The number of ether oxygens (including phenoxy) is 1. The Balaban J connectivity index is 1.87. The number of hydrogen-bond acceptors (Lipinski definition) is 6. The zero-order valence-corrected chi connectivity index (χ0v) is 15.5. The van der Waals surface area contributed by atoms with E-state index in [1.165, 1.54) is 38.4 Å². The van der Waals surface area contributed by atoms with Gasteiger partial charge in [0.25, 0.3) is 0 Å². The van der Waals surface area contributed by atoms with E-state index < -0.39 is 21.9 Å². The average molecular weight is 407 g/mol. The average Bonchev–Trinajstić information content (AvgIpc) is 2.58. The Morgan fingerprint density at radius 1 is 1.15 bits per heavy atom. The molecular weight excluding hydrogens is 391 g/mol. The summed E-state index contributed by atoms with van der Waals surface area (Å²) in [5.41, 5.74) is -0.992. The topological polar surface area (TPSA) is 72.4 Å². The molecule has 0 spiro atoms. The van der Waals surface area contributed by atoms with E-state index in [4.69, 9.17) is 4.74 Å². The Morgan fingerprint density at radius 2 is 1.81 bits per heavy atom. The van der Waals surface area contributed by atoms with Crippen LogP contribution < -0.4 is 4.74 Å². The summed E-state index contributed by atoms with van der Waals surface area (Å²) in [7, 11) is -0.631. The van der Waals surface area contributed by atoms with Crippen molar-refractivity contribution in [2.45, 2.75) is 16.2 Å². The summed E-state index contributed by atoms with van der Waals surface area (Å²) in [5, 5.41) is 0.0100. The van der Waals surface area contributed by atoms with Crippen molar-refractivity contribution in [3.63, 3.8) is 0 Å². The van der Waals surface area contributed by atoms with Gasteiger partial charge in [0.2, 0.25) is 10.0 Å². The molecule has 0 bridgehead atoms. The smallest absolute Gasteiger partial charge is 0.433 e. The van der Waals surface area contributed by atoms with Crippen LogP contribution in [0.4, 0.5) is 13.2 Å². The summed E-state index contributed by atoms with van der Waals surface area (Å²) >= 11 is 1.03. The molecule has 0 aliphatic heterocycles. The molecule has 6 nitrogen and oxygen atoms in total. The molecule has 0 saturated carbocycles. The van der Waals surface area contributed by atoms with E-state index in [9.17, 15) is 21.6 Å². The number of nitrogens with zero attached hydrogens (tertiary/aromatic N) is 3. The van der Waals surface area contributed by atoms with Crippen LogP contribution in [0.15, 0.2) is 46.6 Å². The molecule has 0 radical (unpaired) electrons. The first kappa shape index (κ1) is 20.5. The molecule has 0 unspecified atom stereocenters. The molecular formula is C15H16F3N3O3S2. The second-order valence-corrected chi connectivity index (χ2v) is 8.39. The van der Waals surface area contributed by atoms with Gasteiger partial charge >= 0.3 is 6.18 Å².